The Kier molecular flexibility index (Phi) is 3.54. The second kappa shape index (κ2) is 4.90. The van der Waals surface area contributed by atoms with Crippen LogP contribution in [0.15, 0.2) is 24.3 Å². The van der Waals surface area contributed by atoms with E-state index in [1.807, 2.05) is 23.9 Å². The average molecular weight is 223 g/mol. The number of phenols is 1. The van der Waals surface area contributed by atoms with Crippen LogP contribution in [0.25, 0.3) is 0 Å². The van der Waals surface area contributed by atoms with Gasteiger partial charge in [0.15, 0.2) is 0 Å². The zero-order chi connectivity index (χ0) is 10.7. The quantitative estimate of drug-likeness (QED) is 0.810. The van der Waals surface area contributed by atoms with Gasteiger partial charge in [-0.05, 0) is 48.0 Å². The van der Waals surface area contributed by atoms with E-state index in [2.05, 4.69) is 0 Å². The van der Waals surface area contributed by atoms with E-state index in [0.29, 0.717) is 11.7 Å². The molecule has 2 nitrogen and oxygen atoms in total. The third-order valence-electron chi connectivity index (χ3n) is 3.05. The van der Waals surface area contributed by atoms with Crippen LogP contribution in [0.3, 0.4) is 0 Å². The monoisotopic (exact) mass is 223 g/mol. The molecule has 3 N–H and O–H groups in total. The summed E-state index contributed by atoms with van der Waals surface area (Å²) in [7, 11) is 0. The Morgan fingerprint density at radius 3 is 2.40 bits per heavy atom. The number of phenolic OH excluding ortho intramolecular Hbond substituents is 1. The number of benzene rings is 1. The molecule has 1 aliphatic rings. The lowest BCUT2D eigenvalue weighted by atomic mass is 9.89. The van der Waals surface area contributed by atoms with Crippen LogP contribution in [0.4, 0.5) is 0 Å². The minimum Gasteiger partial charge on any atom is -0.508 e. The van der Waals surface area contributed by atoms with Crippen molar-refractivity contribution in [1.82, 2.24) is 0 Å². The fourth-order valence-corrected chi connectivity index (χ4v) is 3.19. The third-order valence-corrected chi connectivity index (χ3v) is 4.10. The highest BCUT2D eigenvalue weighted by Crippen LogP contribution is 2.32. The predicted molar refractivity (Wildman–Crippen MR) is 65.1 cm³/mol. The van der Waals surface area contributed by atoms with Gasteiger partial charge in [-0.15, -0.1) is 0 Å². The van der Waals surface area contributed by atoms with E-state index < -0.39 is 0 Å². The molecule has 1 saturated heterocycles. The molecule has 15 heavy (non-hydrogen) atoms. The van der Waals surface area contributed by atoms with E-state index >= 15 is 0 Å². The van der Waals surface area contributed by atoms with E-state index in [0.717, 1.165) is 5.56 Å². The Labute approximate surface area is 94.9 Å². The topological polar surface area (TPSA) is 46.2 Å². The minimum absolute atomic E-state index is 0.131. The molecule has 0 saturated carbocycles. The Bertz CT molecular complexity index is 306. The first-order chi connectivity index (χ1) is 7.27. The Hall–Kier alpha value is -0.670. The summed E-state index contributed by atoms with van der Waals surface area (Å²) in [4.78, 5) is 0. The molecule has 0 aromatic heterocycles. The summed E-state index contributed by atoms with van der Waals surface area (Å²) < 4.78 is 0. The molecule has 1 aromatic rings. The molecule has 1 aromatic carbocycles. The van der Waals surface area contributed by atoms with E-state index in [1.165, 1.54) is 24.3 Å². The van der Waals surface area contributed by atoms with Gasteiger partial charge in [-0.2, -0.15) is 11.8 Å². The zero-order valence-corrected chi connectivity index (χ0v) is 9.54. The molecule has 0 aliphatic carbocycles. The average Bonchev–Trinajstić information content (AvgIpc) is 2.30. The maximum absolute atomic E-state index is 9.20. The van der Waals surface area contributed by atoms with Gasteiger partial charge in [0.1, 0.15) is 5.75 Å². The summed E-state index contributed by atoms with van der Waals surface area (Å²) in [6, 6.07) is 7.43. The molecular formula is C12H17NOS. The van der Waals surface area contributed by atoms with Gasteiger partial charge in [0, 0.05) is 6.04 Å². The van der Waals surface area contributed by atoms with Crippen molar-refractivity contribution in [3.8, 4) is 5.75 Å². The first kappa shape index (κ1) is 10.8. The van der Waals surface area contributed by atoms with E-state index in [1.54, 1.807) is 12.1 Å². The van der Waals surface area contributed by atoms with Crippen molar-refractivity contribution in [1.29, 1.82) is 0 Å². The Balaban J connectivity index is 2.05. The molecule has 1 fully saturated rings. The van der Waals surface area contributed by atoms with Crippen molar-refractivity contribution in [2.45, 2.75) is 18.9 Å². The van der Waals surface area contributed by atoms with Crippen molar-refractivity contribution in [3.05, 3.63) is 29.8 Å². The fourth-order valence-electron chi connectivity index (χ4n) is 2.04. The summed E-state index contributed by atoms with van der Waals surface area (Å²) in [5, 5.41) is 9.20. The smallest absolute Gasteiger partial charge is 0.115 e. The van der Waals surface area contributed by atoms with Crippen LogP contribution in [0.2, 0.25) is 0 Å². The first-order valence-electron chi connectivity index (χ1n) is 5.39. The summed E-state index contributed by atoms with van der Waals surface area (Å²) in [5.74, 6) is 3.38. The maximum atomic E-state index is 9.20. The van der Waals surface area contributed by atoms with E-state index in [-0.39, 0.29) is 6.04 Å². The molecular weight excluding hydrogens is 206 g/mol. The number of nitrogens with two attached hydrogens (primary N) is 1. The van der Waals surface area contributed by atoms with Gasteiger partial charge in [0.2, 0.25) is 0 Å². The molecule has 2 rings (SSSR count). The van der Waals surface area contributed by atoms with Gasteiger partial charge >= 0.3 is 0 Å². The van der Waals surface area contributed by atoms with Gasteiger partial charge in [-0.25, -0.2) is 0 Å². The van der Waals surface area contributed by atoms with Gasteiger partial charge in [-0.3, -0.25) is 0 Å². The van der Waals surface area contributed by atoms with E-state index in [9.17, 15) is 5.11 Å². The molecule has 1 aliphatic heterocycles. The Morgan fingerprint density at radius 1 is 1.20 bits per heavy atom. The second-order valence-corrected chi connectivity index (χ2v) is 5.29. The van der Waals surface area contributed by atoms with Crippen molar-refractivity contribution < 1.29 is 5.11 Å². The normalized spacial score (nSPS) is 20.1. The van der Waals surface area contributed by atoms with Gasteiger partial charge in [0.25, 0.3) is 0 Å². The molecule has 1 atom stereocenters. The highest BCUT2D eigenvalue weighted by Gasteiger charge is 2.21. The third kappa shape index (κ3) is 2.67. The molecule has 3 heteroatoms. The summed E-state index contributed by atoms with van der Waals surface area (Å²) in [6.07, 6.45) is 2.43. The van der Waals surface area contributed by atoms with Crippen LogP contribution in [-0.2, 0) is 0 Å². The summed E-state index contributed by atoms with van der Waals surface area (Å²) in [6.45, 7) is 0. The van der Waals surface area contributed by atoms with Crippen molar-refractivity contribution >= 4 is 11.8 Å². The largest absolute Gasteiger partial charge is 0.508 e. The van der Waals surface area contributed by atoms with Gasteiger partial charge in [-0.1, -0.05) is 12.1 Å². The van der Waals surface area contributed by atoms with Crippen molar-refractivity contribution in [2.24, 2.45) is 11.7 Å². The number of rotatable bonds is 2. The van der Waals surface area contributed by atoms with Crippen LogP contribution in [0.1, 0.15) is 24.4 Å². The Morgan fingerprint density at radius 2 is 1.80 bits per heavy atom. The molecule has 82 valence electrons. The van der Waals surface area contributed by atoms with Crippen LogP contribution in [0.5, 0.6) is 5.75 Å². The van der Waals surface area contributed by atoms with Crippen LogP contribution < -0.4 is 5.73 Å². The van der Waals surface area contributed by atoms with E-state index in [4.69, 9.17) is 5.73 Å². The van der Waals surface area contributed by atoms with Crippen molar-refractivity contribution in [2.75, 3.05) is 11.5 Å². The molecule has 0 radical (unpaired) electrons. The number of aromatic hydroxyl groups is 1. The standard InChI is InChI=1S/C12H17NOS/c13-12(10-5-7-15-8-6-10)9-1-3-11(14)4-2-9/h1-4,10,12,14H,5-8,13H2. The number of hydrogen-bond acceptors (Lipinski definition) is 3. The van der Waals surface area contributed by atoms with Crippen LogP contribution >= 0.6 is 11.8 Å². The lowest BCUT2D eigenvalue weighted by Crippen LogP contribution is -2.24. The summed E-state index contributed by atoms with van der Waals surface area (Å²) >= 11 is 2.02. The SMILES string of the molecule is NC(c1ccc(O)cc1)C1CCSCC1. The summed E-state index contributed by atoms with van der Waals surface area (Å²) in [5.41, 5.74) is 7.37. The fraction of sp³-hybridized carbons (Fsp3) is 0.500. The molecule has 0 amide bonds. The maximum Gasteiger partial charge on any atom is 0.115 e. The number of hydrogen-bond donors (Lipinski definition) is 2. The van der Waals surface area contributed by atoms with Crippen molar-refractivity contribution in [3.63, 3.8) is 0 Å². The number of thioether (sulfide) groups is 1. The van der Waals surface area contributed by atoms with Gasteiger partial charge in [0.05, 0.1) is 0 Å². The van der Waals surface area contributed by atoms with Crippen LogP contribution in [-0.4, -0.2) is 16.6 Å². The lowest BCUT2D eigenvalue weighted by molar-refractivity contribution is 0.403. The molecule has 1 heterocycles. The molecule has 1 unspecified atom stereocenters. The van der Waals surface area contributed by atoms with Gasteiger partial charge < -0.3 is 10.8 Å². The predicted octanol–water partition coefficient (Wildman–Crippen LogP) is 2.54. The highest BCUT2D eigenvalue weighted by atomic mass is 32.2. The minimum atomic E-state index is 0.131. The molecule has 0 spiro atoms. The highest BCUT2D eigenvalue weighted by molar-refractivity contribution is 7.99. The van der Waals surface area contributed by atoms with Crippen LogP contribution in [0, 0.1) is 5.92 Å². The molecule has 0 bridgehead atoms. The zero-order valence-electron chi connectivity index (χ0n) is 8.73. The first-order valence-corrected chi connectivity index (χ1v) is 6.55. The lowest BCUT2D eigenvalue weighted by Gasteiger charge is -2.27. The second-order valence-electron chi connectivity index (χ2n) is 4.07.